The van der Waals surface area contributed by atoms with Crippen LogP contribution in [0.2, 0.25) is 10.0 Å². The molecule has 8 heteroatoms. The third-order valence-corrected chi connectivity index (χ3v) is 4.96. The van der Waals surface area contributed by atoms with Crippen molar-refractivity contribution < 1.29 is 19.1 Å². The summed E-state index contributed by atoms with van der Waals surface area (Å²) in [5.41, 5.74) is 5.96. The molecule has 0 aromatic heterocycles. The van der Waals surface area contributed by atoms with Gasteiger partial charge in [-0.15, -0.1) is 0 Å². The first kappa shape index (κ1) is 24.8. The predicted octanol–water partition coefficient (Wildman–Crippen LogP) is 5.06. The van der Waals surface area contributed by atoms with E-state index in [4.69, 9.17) is 32.7 Å². The maximum atomic E-state index is 12.2. The smallest absolute Gasteiger partial charge is 0.279 e. The molecule has 0 aliphatic carbocycles. The highest BCUT2D eigenvalue weighted by atomic mass is 35.5. The Labute approximate surface area is 193 Å². The Morgan fingerprint density at radius 3 is 2.32 bits per heavy atom. The number of nitrogens with one attached hydrogen (secondary N) is 2. The Morgan fingerprint density at radius 1 is 1.03 bits per heavy atom. The van der Waals surface area contributed by atoms with Crippen molar-refractivity contribution in [2.45, 2.75) is 52.1 Å². The van der Waals surface area contributed by atoms with E-state index in [1.807, 2.05) is 24.3 Å². The summed E-state index contributed by atoms with van der Waals surface area (Å²) >= 11 is 11.9. The van der Waals surface area contributed by atoms with E-state index in [-0.39, 0.29) is 17.7 Å². The molecule has 2 aromatic rings. The number of rotatable bonds is 8. The van der Waals surface area contributed by atoms with Crippen molar-refractivity contribution in [3.63, 3.8) is 0 Å². The van der Waals surface area contributed by atoms with E-state index in [0.717, 1.165) is 0 Å². The van der Waals surface area contributed by atoms with E-state index < -0.39 is 12.0 Å². The molecule has 0 radical (unpaired) electrons. The quantitative estimate of drug-likeness (QED) is 0.420. The van der Waals surface area contributed by atoms with Gasteiger partial charge in [0.1, 0.15) is 11.5 Å². The highest BCUT2D eigenvalue weighted by molar-refractivity contribution is 6.35. The molecule has 2 aromatic carbocycles. The summed E-state index contributed by atoms with van der Waals surface area (Å²) in [6, 6.07) is 12.5. The van der Waals surface area contributed by atoms with Crippen LogP contribution in [-0.2, 0) is 15.0 Å². The Bertz CT molecular complexity index is 895. The molecular weight excluding hydrogens is 439 g/mol. The van der Waals surface area contributed by atoms with Gasteiger partial charge in [-0.05, 0) is 54.7 Å². The van der Waals surface area contributed by atoms with Crippen molar-refractivity contribution in [3.05, 3.63) is 58.1 Å². The van der Waals surface area contributed by atoms with Crippen molar-refractivity contribution in [2.75, 3.05) is 6.61 Å². The van der Waals surface area contributed by atoms with Gasteiger partial charge in [0.15, 0.2) is 6.10 Å². The van der Waals surface area contributed by atoms with E-state index in [1.165, 1.54) is 5.56 Å². The summed E-state index contributed by atoms with van der Waals surface area (Å²) in [7, 11) is 0. The molecule has 0 saturated carbocycles. The van der Waals surface area contributed by atoms with Gasteiger partial charge >= 0.3 is 0 Å². The van der Waals surface area contributed by atoms with Crippen LogP contribution < -0.4 is 20.3 Å². The summed E-state index contributed by atoms with van der Waals surface area (Å²) < 4.78 is 11.2. The minimum absolute atomic E-state index is 0.0396. The van der Waals surface area contributed by atoms with Crippen LogP contribution >= 0.6 is 23.2 Å². The first-order valence-corrected chi connectivity index (χ1v) is 10.8. The van der Waals surface area contributed by atoms with E-state index in [9.17, 15) is 9.59 Å². The average Bonchev–Trinajstić information content (AvgIpc) is 2.70. The van der Waals surface area contributed by atoms with Crippen molar-refractivity contribution >= 4 is 35.0 Å². The summed E-state index contributed by atoms with van der Waals surface area (Å²) in [4.78, 5) is 24.1. The topological polar surface area (TPSA) is 76.7 Å². The molecule has 0 saturated heterocycles. The molecular formula is C23H28Cl2N2O4. The summed E-state index contributed by atoms with van der Waals surface area (Å²) in [5.74, 6) is 0.305. The summed E-state index contributed by atoms with van der Waals surface area (Å²) in [6.45, 7) is 8.29. The van der Waals surface area contributed by atoms with Crippen molar-refractivity contribution in [2.24, 2.45) is 0 Å². The third kappa shape index (κ3) is 8.31. The van der Waals surface area contributed by atoms with Gasteiger partial charge in [0, 0.05) is 11.4 Å². The first-order chi connectivity index (χ1) is 14.6. The van der Waals surface area contributed by atoms with E-state index in [0.29, 0.717) is 34.6 Å². The number of carbonyl (C=O) groups excluding carboxylic acids is 2. The molecule has 168 valence electrons. The minimum atomic E-state index is -0.767. The van der Waals surface area contributed by atoms with Gasteiger partial charge < -0.3 is 9.47 Å². The largest absolute Gasteiger partial charge is 0.492 e. The molecule has 0 fully saturated rings. The Morgan fingerprint density at radius 2 is 1.71 bits per heavy atom. The second-order valence-electron chi connectivity index (χ2n) is 8.10. The number of carbonyl (C=O) groups is 2. The second kappa shape index (κ2) is 11.3. The van der Waals surface area contributed by atoms with Gasteiger partial charge in [-0.1, -0.05) is 56.1 Å². The van der Waals surface area contributed by atoms with Gasteiger partial charge in [0.05, 0.1) is 11.6 Å². The van der Waals surface area contributed by atoms with Crippen molar-refractivity contribution in [1.82, 2.24) is 10.9 Å². The molecule has 0 bridgehead atoms. The number of amides is 2. The maximum Gasteiger partial charge on any atom is 0.279 e. The van der Waals surface area contributed by atoms with Crippen LogP contribution in [0.25, 0.3) is 0 Å². The normalized spacial score (nSPS) is 12.1. The van der Waals surface area contributed by atoms with Crippen LogP contribution in [0.5, 0.6) is 11.5 Å². The maximum absolute atomic E-state index is 12.2. The summed E-state index contributed by atoms with van der Waals surface area (Å²) in [5, 5.41) is 0.929. The third-order valence-electron chi connectivity index (χ3n) is 4.43. The van der Waals surface area contributed by atoms with Crippen LogP contribution in [0.4, 0.5) is 0 Å². The number of hydrazine groups is 1. The fourth-order valence-corrected chi connectivity index (χ4v) is 3.06. The Hall–Kier alpha value is -2.44. The zero-order valence-electron chi connectivity index (χ0n) is 18.1. The molecule has 1 unspecified atom stereocenters. The molecule has 0 heterocycles. The van der Waals surface area contributed by atoms with Crippen LogP contribution in [0.3, 0.4) is 0 Å². The minimum Gasteiger partial charge on any atom is -0.492 e. The Kier molecular flexibility index (Phi) is 9.01. The molecule has 2 rings (SSSR count). The standard InChI is InChI=1S/C23H28Cl2N2O4/c1-15(31-18-10-7-16(8-11-18)23(2,3)4)22(29)27-26-21(28)6-5-13-30-20-12-9-17(24)14-19(20)25/h7-12,14-15H,5-6,13H2,1-4H3,(H,26,28)(H,27,29). The molecule has 0 spiro atoms. The molecule has 1 atom stereocenters. The highest BCUT2D eigenvalue weighted by Crippen LogP contribution is 2.27. The van der Waals surface area contributed by atoms with Crippen LogP contribution in [0.1, 0.15) is 46.1 Å². The van der Waals surface area contributed by atoms with Gasteiger partial charge in [0.25, 0.3) is 5.91 Å². The lowest BCUT2D eigenvalue weighted by Crippen LogP contribution is -2.47. The number of ether oxygens (including phenoxy) is 2. The monoisotopic (exact) mass is 466 g/mol. The lowest BCUT2D eigenvalue weighted by Gasteiger charge is -2.20. The van der Waals surface area contributed by atoms with E-state index >= 15 is 0 Å². The molecule has 0 aliphatic heterocycles. The molecule has 0 aliphatic rings. The lowest BCUT2D eigenvalue weighted by atomic mass is 9.87. The molecule has 2 N–H and O–H groups in total. The number of benzene rings is 2. The second-order valence-corrected chi connectivity index (χ2v) is 8.94. The van der Waals surface area contributed by atoms with Crippen molar-refractivity contribution in [3.8, 4) is 11.5 Å². The predicted molar refractivity (Wildman–Crippen MR) is 123 cm³/mol. The van der Waals surface area contributed by atoms with Gasteiger partial charge in [0.2, 0.25) is 5.91 Å². The van der Waals surface area contributed by atoms with Gasteiger partial charge in [-0.3, -0.25) is 20.4 Å². The number of halogens is 2. The van der Waals surface area contributed by atoms with Gasteiger partial charge in [-0.2, -0.15) is 0 Å². The zero-order chi connectivity index (χ0) is 23.0. The number of hydrogen-bond donors (Lipinski definition) is 2. The highest BCUT2D eigenvalue weighted by Gasteiger charge is 2.17. The zero-order valence-corrected chi connectivity index (χ0v) is 19.6. The average molecular weight is 467 g/mol. The lowest BCUT2D eigenvalue weighted by molar-refractivity contribution is -0.132. The van der Waals surface area contributed by atoms with Crippen LogP contribution in [0.15, 0.2) is 42.5 Å². The van der Waals surface area contributed by atoms with Crippen LogP contribution in [0, 0.1) is 0 Å². The fourth-order valence-electron chi connectivity index (χ4n) is 2.59. The van der Waals surface area contributed by atoms with Crippen molar-refractivity contribution in [1.29, 1.82) is 0 Å². The molecule has 31 heavy (non-hydrogen) atoms. The number of hydrogen-bond acceptors (Lipinski definition) is 4. The van der Waals surface area contributed by atoms with Crippen LogP contribution in [-0.4, -0.2) is 24.5 Å². The Balaban J connectivity index is 1.68. The van der Waals surface area contributed by atoms with E-state index in [1.54, 1.807) is 25.1 Å². The van der Waals surface area contributed by atoms with E-state index in [2.05, 4.69) is 31.6 Å². The fraction of sp³-hybridized carbons (Fsp3) is 0.391. The summed E-state index contributed by atoms with van der Waals surface area (Å²) in [6.07, 6.45) is -0.141. The first-order valence-electron chi connectivity index (χ1n) is 10.00. The molecule has 6 nitrogen and oxygen atoms in total. The van der Waals surface area contributed by atoms with Gasteiger partial charge in [-0.25, -0.2) is 0 Å². The molecule has 2 amide bonds. The SMILES string of the molecule is CC(Oc1ccc(C(C)(C)C)cc1)C(=O)NNC(=O)CCCOc1ccc(Cl)cc1Cl.